The first kappa shape index (κ1) is 18.3. The fourth-order valence-corrected chi connectivity index (χ4v) is 2.97. The van der Waals surface area contributed by atoms with Crippen molar-refractivity contribution >= 4 is 33.8 Å². The number of benzene rings is 1. The van der Waals surface area contributed by atoms with E-state index in [1.165, 1.54) is 23.9 Å². The molecule has 1 atom stereocenters. The molecule has 0 aliphatic carbocycles. The fraction of sp³-hybridized carbons (Fsp3) is 0.385. The maximum absolute atomic E-state index is 12.0. The lowest BCUT2D eigenvalue weighted by Crippen LogP contribution is -2.47. The van der Waals surface area contributed by atoms with Gasteiger partial charge in [0.2, 0.25) is 0 Å². The number of urea groups is 1. The van der Waals surface area contributed by atoms with Crippen LogP contribution in [0.5, 0.6) is 0 Å². The monoisotopic (exact) mass is 346 g/mol. The zero-order valence-corrected chi connectivity index (χ0v) is 13.8. The molecule has 7 nitrogen and oxygen atoms in total. The molecule has 1 aromatic carbocycles. The number of aryl methyl sites for hydroxylation is 1. The van der Waals surface area contributed by atoms with E-state index in [9.17, 15) is 18.0 Å². The Hall–Kier alpha value is -1.74. The van der Waals surface area contributed by atoms with Crippen molar-refractivity contribution in [2.75, 3.05) is 12.0 Å². The van der Waals surface area contributed by atoms with E-state index in [-0.39, 0.29) is 11.3 Å². The average molecular weight is 346 g/mol. The van der Waals surface area contributed by atoms with E-state index >= 15 is 0 Å². The van der Waals surface area contributed by atoms with Gasteiger partial charge in [-0.15, -0.1) is 0 Å². The van der Waals surface area contributed by atoms with Gasteiger partial charge in [-0.1, -0.05) is 17.7 Å². The van der Waals surface area contributed by atoms with Crippen LogP contribution in [0.1, 0.15) is 12.0 Å². The van der Waals surface area contributed by atoms with Gasteiger partial charge in [0.15, 0.2) is 0 Å². The second-order valence-electron chi connectivity index (χ2n) is 4.56. The van der Waals surface area contributed by atoms with Crippen LogP contribution in [0.25, 0.3) is 0 Å². The molecule has 0 heterocycles. The molecule has 0 radical (unpaired) electrons. The van der Waals surface area contributed by atoms with E-state index < -0.39 is 28.1 Å². The normalized spacial score (nSPS) is 12.5. The summed E-state index contributed by atoms with van der Waals surface area (Å²) in [4.78, 5) is 22.7. The number of hydrogen-bond acceptors (Lipinski definition) is 5. The first-order valence-electron chi connectivity index (χ1n) is 6.38. The van der Waals surface area contributed by atoms with E-state index in [1.54, 1.807) is 30.0 Å². The van der Waals surface area contributed by atoms with Crippen LogP contribution in [0.15, 0.2) is 29.2 Å². The van der Waals surface area contributed by atoms with Gasteiger partial charge in [0.25, 0.3) is 10.0 Å². The number of aliphatic carboxylic acids is 1. The standard InChI is InChI=1S/C13H18N2O5S2/c1-9-3-5-10(6-4-9)22(19,20)15-13(18)14-11(12(16)17)7-8-21-2/h3-6,11H,7-8H2,1-2H3,(H,16,17)(H2,14,15,18)/t11-/m0/s1. The van der Waals surface area contributed by atoms with Gasteiger partial charge in [-0.3, -0.25) is 0 Å². The molecule has 1 rings (SSSR count). The Morgan fingerprint density at radius 2 is 1.86 bits per heavy atom. The predicted octanol–water partition coefficient (Wildman–Crippen LogP) is 1.19. The number of rotatable bonds is 7. The number of carbonyl (C=O) groups excluding carboxylic acids is 1. The number of carboxylic acid groups (broad SMARTS) is 1. The van der Waals surface area contributed by atoms with Gasteiger partial charge in [-0.05, 0) is 37.5 Å². The molecule has 0 aliphatic heterocycles. The van der Waals surface area contributed by atoms with Crippen molar-refractivity contribution in [1.82, 2.24) is 10.0 Å². The summed E-state index contributed by atoms with van der Waals surface area (Å²) in [7, 11) is -4.03. The zero-order valence-electron chi connectivity index (χ0n) is 12.2. The van der Waals surface area contributed by atoms with E-state index in [4.69, 9.17) is 5.11 Å². The Bertz CT molecular complexity index is 628. The average Bonchev–Trinajstić information content (AvgIpc) is 2.43. The summed E-state index contributed by atoms with van der Waals surface area (Å²) in [5.41, 5.74) is 0.881. The third kappa shape index (κ3) is 5.57. The Morgan fingerprint density at radius 1 is 1.27 bits per heavy atom. The SMILES string of the molecule is CSCC[C@H](NC(=O)NS(=O)(=O)c1ccc(C)cc1)C(=O)O. The molecule has 9 heteroatoms. The van der Waals surface area contributed by atoms with E-state index in [1.807, 2.05) is 0 Å². The van der Waals surface area contributed by atoms with Gasteiger partial charge in [-0.25, -0.2) is 22.7 Å². The Balaban J connectivity index is 2.73. The first-order chi connectivity index (χ1) is 10.3. The van der Waals surface area contributed by atoms with Crippen LogP contribution in [0.3, 0.4) is 0 Å². The lowest BCUT2D eigenvalue weighted by Gasteiger charge is -2.14. The minimum atomic E-state index is -4.03. The largest absolute Gasteiger partial charge is 0.480 e. The van der Waals surface area contributed by atoms with Crippen molar-refractivity contribution < 1.29 is 23.1 Å². The Labute approximate surface area is 133 Å². The molecule has 0 bridgehead atoms. The van der Waals surface area contributed by atoms with Gasteiger partial charge >= 0.3 is 12.0 Å². The highest BCUT2D eigenvalue weighted by molar-refractivity contribution is 7.98. The summed E-state index contributed by atoms with van der Waals surface area (Å²) < 4.78 is 25.8. The van der Waals surface area contributed by atoms with Crippen molar-refractivity contribution in [2.45, 2.75) is 24.3 Å². The van der Waals surface area contributed by atoms with Crippen LogP contribution >= 0.6 is 11.8 Å². The van der Waals surface area contributed by atoms with Crippen LogP contribution in [0.2, 0.25) is 0 Å². The fourth-order valence-electron chi connectivity index (χ4n) is 1.58. The molecule has 0 aliphatic rings. The molecule has 3 N–H and O–H groups in total. The maximum atomic E-state index is 12.0. The molecule has 0 saturated carbocycles. The van der Waals surface area contributed by atoms with Gasteiger partial charge in [0.1, 0.15) is 6.04 Å². The molecule has 0 saturated heterocycles. The van der Waals surface area contributed by atoms with Crippen molar-refractivity contribution in [3.05, 3.63) is 29.8 Å². The van der Waals surface area contributed by atoms with Gasteiger partial charge < -0.3 is 10.4 Å². The minimum absolute atomic E-state index is 0.0655. The number of amides is 2. The number of sulfonamides is 1. The van der Waals surface area contributed by atoms with Crippen LogP contribution in [-0.2, 0) is 14.8 Å². The van der Waals surface area contributed by atoms with Crippen molar-refractivity contribution in [3.63, 3.8) is 0 Å². The first-order valence-corrected chi connectivity index (χ1v) is 9.25. The molecule has 1 aromatic rings. The van der Waals surface area contributed by atoms with E-state index in [0.29, 0.717) is 5.75 Å². The highest BCUT2D eigenvalue weighted by Gasteiger charge is 2.23. The topological polar surface area (TPSA) is 113 Å². The summed E-state index contributed by atoms with van der Waals surface area (Å²) in [6, 6.07) is 3.74. The molecule has 0 unspecified atom stereocenters. The predicted molar refractivity (Wildman–Crippen MR) is 84.5 cm³/mol. The summed E-state index contributed by atoms with van der Waals surface area (Å²) in [5.74, 6) is -0.681. The molecule has 2 amide bonds. The number of hydrogen-bond donors (Lipinski definition) is 3. The number of thioether (sulfide) groups is 1. The quantitative estimate of drug-likeness (QED) is 0.683. The van der Waals surface area contributed by atoms with Gasteiger partial charge in [0, 0.05) is 0 Å². The summed E-state index contributed by atoms with van der Waals surface area (Å²) in [5, 5.41) is 11.1. The Morgan fingerprint density at radius 3 is 2.36 bits per heavy atom. The van der Waals surface area contributed by atoms with Gasteiger partial charge in [-0.2, -0.15) is 11.8 Å². The molecular formula is C13H18N2O5S2. The van der Waals surface area contributed by atoms with Crippen LogP contribution in [-0.4, -0.2) is 43.6 Å². The summed E-state index contributed by atoms with van der Waals surface area (Å²) >= 11 is 1.43. The molecule has 0 spiro atoms. The summed E-state index contributed by atoms with van der Waals surface area (Å²) in [6.45, 7) is 1.81. The van der Waals surface area contributed by atoms with Crippen molar-refractivity contribution in [3.8, 4) is 0 Å². The molecule has 0 aromatic heterocycles. The number of nitrogens with one attached hydrogen (secondary N) is 2. The van der Waals surface area contributed by atoms with Crippen LogP contribution < -0.4 is 10.0 Å². The molecule has 0 fully saturated rings. The van der Waals surface area contributed by atoms with Gasteiger partial charge in [0.05, 0.1) is 4.90 Å². The van der Waals surface area contributed by atoms with Crippen LogP contribution in [0.4, 0.5) is 4.79 Å². The second kappa shape index (κ2) is 8.04. The maximum Gasteiger partial charge on any atom is 0.329 e. The van der Waals surface area contributed by atoms with Crippen LogP contribution in [0, 0.1) is 6.92 Å². The smallest absolute Gasteiger partial charge is 0.329 e. The van der Waals surface area contributed by atoms with Crippen molar-refractivity contribution in [2.24, 2.45) is 0 Å². The lowest BCUT2D eigenvalue weighted by atomic mass is 10.2. The lowest BCUT2D eigenvalue weighted by molar-refractivity contribution is -0.139. The second-order valence-corrected chi connectivity index (χ2v) is 7.23. The van der Waals surface area contributed by atoms with E-state index in [2.05, 4.69) is 5.32 Å². The van der Waals surface area contributed by atoms with E-state index in [0.717, 1.165) is 5.56 Å². The molecular weight excluding hydrogens is 328 g/mol. The highest BCUT2D eigenvalue weighted by atomic mass is 32.2. The Kier molecular flexibility index (Phi) is 6.69. The zero-order chi connectivity index (χ0) is 16.8. The third-order valence-electron chi connectivity index (χ3n) is 2.77. The summed E-state index contributed by atoms with van der Waals surface area (Å²) in [6.07, 6.45) is 2.01. The number of carboxylic acids is 1. The number of carbonyl (C=O) groups is 2. The third-order valence-corrected chi connectivity index (χ3v) is 4.76. The van der Waals surface area contributed by atoms with Crippen molar-refractivity contribution in [1.29, 1.82) is 0 Å². The highest BCUT2D eigenvalue weighted by Crippen LogP contribution is 2.09. The molecule has 22 heavy (non-hydrogen) atoms. The minimum Gasteiger partial charge on any atom is -0.480 e. The molecule has 122 valence electrons.